The molecule has 0 radical (unpaired) electrons. The lowest BCUT2D eigenvalue weighted by atomic mass is 10.2. The van der Waals surface area contributed by atoms with Crippen LogP contribution < -0.4 is 4.74 Å². The van der Waals surface area contributed by atoms with Gasteiger partial charge in [0, 0.05) is 0 Å². The van der Waals surface area contributed by atoms with E-state index in [0.29, 0.717) is 23.6 Å². The van der Waals surface area contributed by atoms with Gasteiger partial charge < -0.3 is 13.9 Å². The van der Waals surface area contributed by atoms with Crippen LogP contribution in [0, 0.1) is 0 Å². The number of aromatic nitrogens is 2. The SMILES string of the molecule is COC(=O)c1ncn2cc(OCc3ccccc3)ccc12. The van der Waals surface area contributed by atoms with E-state index in [1.165, 1.54) is 7.11 Å². The third kappa shape index (κ3) is 2.72. The van der Waals surface area contributed by atoms with Crippen molar-refractivity contribution in [1.29, 1.82) is 0 Å². The number of hydrogen-bond donors (Lipinski definition) is 0. The normalized spacial score (nSPS) is 10.5. The fourth-order valence-corrected chi connectivity index (χ4v) is 2.06. The zero-order chi connectivity index (χ0) is 14.7. The number of ether oxygens (including phenoxy) is 2. The van der Waals surface area contributed by atoms with E-state index < -0.39 is 5.97 Å². The van der Waals surface area contributed by atoms with Crippen LogP contribution in [0.1, 0.15) is 16.1 Å². The number of pyridine rings is 1. The smallest absolute Gasteiger partial charge is 0.358 e. The van der Waals surface area contributed by atoms with Gasteiger partial charge in [-0.2, -0.15) is 0 Å². The molecule has 3 rings (SSSR count). The van der Waals surface area contributed by atoms with Crippen LogP contribution in [0.15, 0.2) is 55.0 Å². The fraction of sp³-hybridized carbons (Fsp3) is 0.125. The van der Waals surface area contributed by atoms with Crippen LogP contribution in [0.25, 0.3) is 5.52 Å². The fourth-order valence-electron chi connectivity index (χ4n) is 2.06. The van der Waals surface area contributed by atoms with E-state index in [1.807, 2.05) is 36.4 Å². The van der Waals surface area contributed by atoms with E-state index in [-0.39, 0.29) is 0 Å². The highest BCUT2D eigenvalue weighted by Gasteiger charge is 2.13. The van der Waals surface area contributed by atoms with E-state index in [9.17, 15) is 4.79 Å². The average molecular weight is 282 g/mol. The Morgan fingerprint density at radius 1 is 1.19 bits per heavy atom. The molecule has 106 valence electrons. The van der Waals surface area contributed by atoms with E-state index in [0.717, 1.165) is 5.56 Å². The molecule has 5 heteroatoms. The van der Waals surface area contributed by atoms with Crippen LogP contribution in [0.2, 0.25) is 0 Å². The van der Waals surface area contributed by atoms with Gasteiger partial charge in [-0.05, 0) is 17.7 Å². The molecule has 0 aliphatic rings. The Kier molecular flexibility index (Phi) is 3.55. The van der Waals surface area contributed by atoms with Gasteiger partial charge in [0.15, 0.2) is 5.69 Å². The molecule has 3 aromatic rings. The number of fused-ring (bicyclic) bond motifs is 1. The number of hydrogen-bond acceptors (Lipinski definition) is 4. The number of carbonyl (C=O) groups is 1. The molecule has 0 spiro atoms. The minimum absolute atomic E-state index is 0.298. The maximum absolute atomic E-state index is 11.6. The Labute approximate surface area is 121 Å². The summed E-state index contributed by atoms with van der Waals surface area (Å²) in [6, 6.07) is 13.5. The van der Waals surface area contributed by atoms with Crippen molar-refractivity contribution in [3.8, 4) is 5.75 Å². The van der Waals surface area contributed by atoms with Gasteiger partial charge in [-0.25, -0.2) is 9.78 Å². The summed E-state index contributed by atoms with van der Waals surface area (Å²) in [6.07, 6.45) is 3.36. The van der Waals surface area contributed by atoms with E-state index >= 15 is 0 Å². The van der Waals surface area contributed by atoms with Crippen molar-refractivity contribution in [3.05, 3.63) is 66.2 Å². The third-order valence-electron chi connectivity index (χ3n) is 3.13. The summed E-state index contributed by atoms with van der Waals surface area (Å²) in [5.74, 6) is 0.260. The van der Waals surface area contributed by atoms with Gasteiger partial charge in [-0.15, -0.1) is 0 Å². The van der Waals surface area contributed by atoms with Crippen molar-refractivity contribution >= 4 is 11.5 Å². The van der Waals surface area contributed by atoms with Crippen LogP contribution >= 0.6 is 0 Å². The standard InChI is InChI=1S/C16H14N2O3/c1-20-16(19)15-14-8-7-13(9-18(14)11-17-15)21-10-12-5-3-2-4-6-12/h2-9,11H,10H2,1H3. The van der Waals surface area contributed by atoms with Crippen molar-refractivity contribution in [1.82, 2.24) is 9.38 Å². The summed E-state index contributed by atoms with van der Waals surface area (Å²) >= 11 is 0. The van der Waals surface area contributed by atoms with Gasteiger partial charge in [0.25, 0.3) is 0 Å². The molecule has 0 amide bonds. The Bertz CT molecular complexity index is 766. The number of methoxy groups -OCH3 is 1. The lowest BCUT2D eigenvalue weighted by Crippen LogP contribution is -2.02. The van der Waals surface area contributed by atoms with Crippen molar-refractivity contribution < 1.29 is 14.3 Å². The maximum atomic E-state index is 11.6. The topological polar surface area (TPSA) is 52.8 Å². The number of benzene rings is 1. The second kappa shape index (κ2) is 5.66. The molecule has 0 aliphatic carbocycles. The molecule has 0 saturated heterocycles. The van der Waals surface area contributed by atoms with Crippen molar-refractivity contribution in [2.45, 2.75) is 6.61 Å². The van der Waals surface area contributed by atoms with Crippen LogP contribution in [0.4, 0.5) is 0 Å². The van der Waals surface area contributed by atoms with E-state index in [1.54, 1.807) is 23.0 Å². The first-order chi connectivity index (χ1) is 10.3. The molecule has 0 fully saturated rings. The van der Waals surface area contributed by atoms with Crippen LogP contribution in [0.3, 0.4) is 0 Å². The Balaban J connectivity index is 1.80. The quantitative estimate of drug-likeness (QED) is 0.690. The number of rotatable bonds is 4. The predicted molar refractivity (Wildman–Crippen MR) is 77.3 cm³/mol. The van der Waals surface area contributed by atoms with Crippen LogP contribution in [-0.4, -0.2) is 22.5 Å². The largest absolute Gasteiger partial charge is 0.487 e. The molecule has 21 heavy (non-hydrogen) atoms. The van der Waals surface area contributed by atoms with Gasteiger partial charge in [0.2, 0.25) is 0 Å². The molecular formula is C16H14N2O3. The summed E-state index contributed by atoms with van der Waals surface area (Å²) in [7, 11) is 1.34. The minimum Gasteiger partial charge on any atom is -0.487 e. The second-order valence-electron chi connectivity index (χ2n) is 4.52. The van der Waals surface area contributed by atoms with Crippen molar-refractivity contribution in [2.75, 3.05) is 7.11 Å². The summed E-state index contributed by atoms with van der Waals surface area (Å²) in [5.41, 5.74) is 2.08. The molecular weight excluding hydrogens is 268 g/mol. The number of nitrogens with zero attached hydrogens (tertiary/aromatic N) is 2. The highest BCUT2D eigenvalue weighted by atomic mass is 16.5. The first-order valence-electron chi connectivity index (χ1n) is 6.49. The second-order valence-corrected chi connectivity index (χ2v) is 4.52. The van der Waals surface area contributed by atoms with Crippen LogP contribution in [-0.2, 0) is 11.3 Å². The molecule has 0 atom stereocenters. The first kappa shape index (κ1) is 13.2. The lowest BCUT2D eigenvalue weighted by molar-refractivity contribution is 0.0597. The average Bonchev–Trinajstić information content (AvgIpc) is 2.96. The van der Waals surface area contributed by atoms with Crippen molar-refractivity contribution in [2.24, 2.45) is 0 Å². The Morgan fingerprint density at radius 2 is 2.00 bits per heavy atom. The minimum atomic E-state index is -0.449. The number of esters is 1. The molecule has 2 aromatic heterocycles. The van der Waals surface area contributed by atoms with E-state index in [4.69, 9.17) is 9.47 Å². The Hall–Kier alpha value is -2.82. The number of imidazole rings is 1. The first-order valence-corrected chi connectivity index (χ1v) is 6.49. The molecule has 0 bridgehead atoms. The summed E-state index contributed by atoms with van der Waals surface area (Å²) in [6.45, 7) is 0.491. The van der Waals surface area contributed by atoms with E-state index in [2.05, 4.69) is 4.98 Å². The van der Waals surface area contributed by atoms with Crippen LogP contribution in [0.5, 0.6) is 5.75 Å². The zero-order valence-corrected chi connectivity index (χ0v) is 11.5. The molecule has 0 saturated carbocycles. The lowest BCUT2D eigenvalue weighted by Gasteiger charge is -2.07. The van der Waals surface area contributed by atoms with Gasteiger partial charge in [0.05, 0.1) is 18.8 Å². The molecule has 5 nitrogen and oxygen atoms in total. The summed E-state index contributed by atoms with van der Waals surface area (Å²) < 4.78 is 12.2. The highest BCUT2D eigenvalue weighted by molar-refractivity contribution is 5.94. The predicted octanol–water partition coefficient (Wildman–Crippen LogP) is 2.70. The van der Waals surface area contributed by atoms with Gasteiger partial charge in [-0.1, -0.05) is 30.3 Å². The van der Waals surface area contributed by atoms with Gasteiger partial charge >= 0.3 is 5.97 Å². The molecule has 0 aliphatic heterocycles. The highest BCUT2D eigenvalue weighted by Crippen LogP contribution is 2.18. The van der Waals surface area contributed by atoms with Crippen molar-refractivity contribution in [3.63, 3.8) is 0 Å². The Morgan fingerprint density at radius 3 is 2.76 bits per heavy atom. The number of carbonyl (C=O) groups excluding carboxylic acids is 1. The molecule has 0 N–H and O–H groups in total. The summed E-state index contributed by atoms with van der Waals surface area (Å²) in [4.78, 5) is 15.6. The monoisotopic (exact) mass is 282 g/mol. The maximum Gasteiger partial charge on any atom is 0.358 e. The molecule has 0 unspecified atom stereocenters. The molecule has 2 heterocycles. The third-order valence-corrected chi connectivity index (χ3v) is 3.13. The summed E-state index contributed by atoms with van der Waals surface area (Å²) in [5, 5.41) is 0. The zero-order valence-electron chi connectivity index (χ0n) is 11.5. The van der Waals surface area contributed by atoms with Gasteiger partial charge in [-0.3, -0.25) is 0 Å². The molecule has 1 aromatic carbocycles. The van der Waals surface area contributed by atoms with Gasteiger partial charge in [0.1, 0.15) is 18.7 Å².